The molecule has 3 rings (SSSR count). The van der Waals surface area contributed by atoms with Gasteiger partial charge in [0.25, 0.3) is 0 Å². The highest BCUT2D eigenvalue weighted by Crippen LogP contribution is 2.19. The van der Waals surface area contributed by atoms with E-state index in [4.69, 9.17) is 10.8 Å². The zero-order valence-electron chi connectivity index (χ0n) is 21.9. The molecular formula is C28H35N5O6. The Labute approximate surface area is 226 Å². The maximum Gasteiger partial charge on any atom is 0.322 e. The molecule has 0 spiro atoms. The molecule has 208 valence electrons. The highest BCUT2D eigenvalue weighted by molar-refractivity contribution is 5.94. The fourth-order valence-electron chi connectivity index (χ4n) is 4.22. The van der Waals surface area contributed by atoms with E-state index in [0.717, 1.165) is 16.5 Å². The van der Waals surface area contributed by atoms with Gasteiger partial charge in [0, 0.05) is 23.5 Å². The van der Waals surface area contributed by atoms with E-state index in [1.54, 1.807) is 25.3 Å². The second-order valence-corrected chi connectivity index (χ2v) is 9.59. The summed E-state index contributed by atoms with van der Waals surface area (Å²) >= 11 is 0. The van der Waals surface area contributed by atoms with Crippen LogP contribution in [0.4, 0.5) is 0 Å². The SMILES string of the molecule is CCC(C)C(NC(=O)C(N)Cc1c[nH]c2ccccc12)C(=O)NC(Cc1ccc(O)cc1)C(=O)NCC(=O)O. The average molecular weight is 538 g/mol. The van der Waals surface area contributed by atoms with Crippen molar-refractivity contribution >= 4 is 34.6 Å². The van der Waals surface area contributed by atoms with Crippen molar-refractivity contribution in [2.75, 3.05) is 6.54 Å². The topological polar surface area (TPSA) is 187 Å². The van der Waals surface area contributed by atoms with Gasteiger partial charge in [0.15, 0.2) is 0 Å². The largest absolute Gasteiger partial charge is 0.508 e. The van der Waals surface area contributed by atoms with E-state index in [0.29, 0.717) is 12.0 Å². The third kappa shape index (κ3) is 8.05. The number of carboxylic acid groups (broad SMARTS) is 1. The van der Waals surface area contributed by atoms with Crippen molar-refractivity contribution in [3.8, 4) is 5.75 Å². The van der Waals surface area contributed by atoms with Crippen LogP contribution in [0.15, 0.2) is 54.7 Å². The summed E-state index contributed by atoms with van der Waals surface area (Å²) in [5, 5.41) is 27.2. The van der Waals surface area contributed by atoms with Gasteiger partial charge in [-0.15, -0.1) is 0 Å². The number of nitrogens with two attached hydrogens (primary N) is 1. The zero-order chi connectivity index (χ0) is 28.5. The van der Waals surface area contributed by atoms with E-state index in [-0.39, 0.29) is 24.5 Å². The number of carboxylic acids is 1. The first-order valence-corrected chi connectivity index (χ1v) is 12.8. The van der Waals surface area contributed by atoms with Crippen LogP contribution in [0.2, 0.25) is 0 Å². The number of aromatic hydroxyl groups is 1. The van der Waals surface area contributed by atoms with E-state index in [1.807, 2.05) is 31.2 Å². The van der Waals surface area contributed by atoms with Crippen molar-refractivity contribution in [3.63, 3.8) is 0 Å². The third-order valence-corrected chi connectivity index (χ3v) is 6.67. The molecule has 0 saturated carbocycles. The van der Waals surface area contributed by atoms with E-state index in [2.05, 4.69) is 20.9 Å². The molecular weight excluding hydrogens is 502 g/mol. The monoisotopic (exact) mass is 537 g/mol. The van der Waals surface area contributed by atoms with Gasteiger partial charge in [0.2, 0.25) is 17.7 Å². The van der Waals surface area contributed by atoms with Crippen LogP contribution in [0.3, 0.4) is 0 Å². The smallest absolute Gasteiger partial charge is 0.322 e. The maximum atomic E-state index is 13.4. The van der Waals surface area contributed by atoms with Crippen LogP contribution < -0.4 is 21.7 Å². The number of aromatic amines is 1. The van der Waals surface area contributed by atoms with Crippen molar-refractivity contribution in [1.29, 1.82) is 0 Å². The standard InChI is InChI=1S/C28H35N5O6/c1-3-16(2)25(33-26(37)21(29)13-18-14-30-22-7-5-4-6-20(18)22)28(39)32-23(27(38)31-15-24(35)36)12-17-8-10-19(34)11-9-17/h4-11,14,16,21,23,25,30,34H,3,12-13,15,29H2,1-2H3,(H,31,38)(H,32,39)(H,33,37)(H,35,36). The number of benzene rings is 2. The predicted molar refractivity (Wildman–Crippen MR) is 146 cm³/mol. The quantitative estimate of drug-likeness (QED) is 0.171. The summed E-state index contributed by atoms with van der Waals surface area (Å²) in [7, 11) is 0. The molecule has 11 heteroatoms. The molecule has 1 heterocycles. The number of hydrogen-bond donors (Lipinski definition) is 7. The van der Waals surface area contributed by atoms with Gasteiger partial charge in [-0.1, -0.05) is 50.6 Å². The Bertz CT molecular complexity index is 1310. The van der Waals surface area contributed by atoms with Crippen molar-refractivity contribution in [3.05, 3.63) is 65.9 Å². The Morgan fingerprint density at radius 1 is 0.949 bits per heavy atom. The number of hydrogen-bond acceptors (Lipinski definition) is 6. The number of rotatable bonds is 13. The summed E-state index contributed by atoms with van der Waals surface area (Å²) in [4.78, 5) is 53.3. The Morgan fingerprint density at radius 2 is 1.64 bits per heavy atom. The third-order valence-electron chi connectivity index (χ3n) is 6.67. The van der Waals surface area contributed by atoms with Crippen molar-refractivity contribution in [2.45, 2.75) is 51.2 Å². The molecule has 0 aliphatic heterocycles. The lowest BCUT2D eigenvalue weighted by atomic mass is 9.96. The zero-order valence-corrected chi connectivity index (χ0v) is 21.9. The van der Waals surface area contributed by atoms with Crippen LogP contribution in [0, 0.1) is 5.92 Å². The van der Waals surface area contributed by atoms with Crippen LogP contribution in [0.5, 0.6) is 5.75 Å². The first kappa shape index (κ1) is 29.2. The molecule has 0 fully saturated rings. The normalized spacial score (nSPS) is 14.1. The van der Waals surface area contributed by atoms with Gasteiger partial charge >= 0.3 is 5.97 Å². The average Bonchev–Trinajstić information content (AvgIpc) is 3.33. The van der Waals surface area contributed by atoms with Gasteiger partial charge < -0.3 is 36.9 Å². The second kappa shape index (κ2) is 13.4. The van der Waals surface area contributed by atoms with E-state index < -0.39 is 48.4 Å². The van der Waals surface area contributed by atoms with Crippen molar-refractivity contribution < 1.29 is 29.4 Å². The molecule has 39 heavy (non-hydrogen) atoms. The minimum atomic E-state index is -1.23. The number of phenolic OH excluding ortho intramolecular Hbond substituents is 1. The molecule has 3 amide bonds. The van der Waals surface area contributed by atoms with Crippen LogP contribution in [-0.2, 0) is 32.0 Å². The van der Waals surface area contributed by atoms with Gasteiger partial charge in [-0.2, -0.15) is 0 Å². The first-order chi connectivity index (χ1) is 18.6. The lowest BCUT2D eigenvalue weighted by molar-refractivity contribution is -0.138. The van der Waals surface area contributed by atoms with E-state index in [9.17, 15) is 24.3 Å². The van der Waals surface area contributed by atoms with E-state index >= 15 is 0 Å². The number of aliphatic carboxylic acids is 1. The van der Waals surface area contributed by atoms with Gasteiger partial charge in [0.05, 0.1) is 6.04 Å². The first-order valence-electron chi connectivity index (χ1n) is 12.8. The molecule has 8 N–H and O–H groups in total. The lowest BCUT2D eigenvalue weighted by Gasteiger charge is -2.27. The number of phenols is 1. The fourth-order valence-corrected chi connectivity index (χ4v) is 4.22. The number of para-hydroxylation sites is 1. The summed E-state index contributed by atoms with van der Waals surface area (Å²) in [5.41, 5.74) is 8.66. The second-order valence-electron chi connectivity index (χ2n) is 9.59. The highest BCUT2D eigenvalue weighted by atomic mass is 16.4. The van der Waals surface area contributed by atoms with Crippen LogP contribution in [-0.4, -0.2) is 63.6 Å². The lowest BCUT2D eigenvalue weighted by Crippen LogP contribution is -2.58. The molecule has 2 aromatic carbocycles. The van der Waals surface area contributed by atoms with Gasteiger partial charge in [0.1, 0.15) is 24.4 Å². The minimum absolute atomic E-state index is 0.0400. The minimum Gasteiger partial charge on any atom is -0.508 e. The molecule has 0 radical (unpaired) electrons. The molecule has 3 aromatic rings. The fraction of sp³-hybridized carbons (Fsp3) is 0.357. The summed E-state index contributed by atoms with van der Waals surface area (Å²) in [5.74, 6) is -3.27. The Hall–Kier alpha value is -4.38. The van der Waals surface area contributed by atoms with E-state index in [1.165, 1.54) is 12.1 Å². The van der Waals surface area contributed by atoms with Gasteiger partial charge in [-0.25, -0.2) is 0 Å². The summed E-state index contributed by atoms with van der Waals surface area (Å²) < 4.78 is 0. The molecule has 4 atom stereocenters. The molecule has 1 aromatic heterocycles. The number of aromatic nitrogens is 1. The van der Waals surface area contributed by atoms with Gasteiger partial charge in [-0.05, 0) is 41.7 Å². The Morgan fingerprint density at radius 3 is 2.31 bits per heavy atom. The molecule has 0 bridgehead atoms. The Balaban J connectivity index is 1.73. The Kier molecular flexibility index (Phi) is 10.0. The number of nitrogens with one attached hydrogen (secondary N) is 4. The summed E-state index contributed by atoms with van der Waals surface area (Å²) in [6.07, 6.45) is 2.66. The number of H-pyrrole nitrogens is 1. The molecule has 11 nitrogen and oxygen atoms in total. The number of amides is 3. The highest BCUT2D eigenvalue weighted by Gasteiger charge is 2.31. The van der Waals surface area contributed by atoms with Gasteiger partial charge in [-0.3, -0.25) is 19.2 Å². The van der Waals surface area contributed by atoms with Crippen LogP contribution in [0.1, 0.15) is 31.4 Å². The molecule has 0 saturated heterocycles. The maximum absolute atomic E-state index is 13.4. The van der Waals surface area contributed by atoms with Crippen LogP contribution in [0.25, 0.3) is 10.9 Å². The predicted octanol–water partition coefficient (Wildman–Crippen LogP) is 1.20. The number of fused-ring (bicyclic) bond motifs is 1. The molecule has 0 aliphatic rings. The molecule has 4 unspecified atom stereocenters. The number of carbonyl (C=O) groups is 4. The summed E-state index contributed by atoms with van der Waals surface area (Å²) in [6, 6.07) is 10.7. The molecule has 0 aliphatic carbocycles. The van der Waals surface area contributed by atoms with Crippen molar-refractivity contribution in [1.82, 2.24) is 20.9 Å². The van der Waals surface area contributed by atoms with Crippen LogP contribution >= 0.6 is 0 Å². The summed E-state index contributed by atoms with van der Waals surface area (Å²) in [6.45, 7) is 3.06. The number of carbonyl (C=O) groups excluding carboxylic acids is 3. The van der Waals surface area contributed by atoms with Crippen molar-refractivity contribution in [2.24, 2.45) is 11.7 Å².